The molecule has 2 bridgehead atoms. The number of nitrogens with zero attached hydrogens (tertiary/aromatic N) is 2. The zero-order chi connectivity index (χ0) is 19.2. The molecule has 0 spiro atoms. The van der Waals surface area contributed by atoms with Gasteiger partial charge < -0.3 is 4.74 Å². The van der Waals surface area contributed by atoms with Gasteiger partial charge in [0.1, 0.15) is 5.75 Å². The largest absolute Gasteiger partial charge is 0.494 e. The van der Waals surface area contributed by atoms with Crippen molar-refractivity contribution in [1.82, 2.24) is 5.43 Å². The van der Waals surface area contributed by atoms with E-state index < -0.39 is 0 Å². The number of rotatable bonds is 3. The second-order valence-corrected chi connectivity index (χ2v) is 9.73. The number of hydrogen-bond donors (Lipinski definition) is 1. The van der Waals surface area contributed by atoms with E-state index in [4.69, 9.17) is 9.73 Å². The van der Waals surface area contributed by atoms with Crippen molar-refractivity contribution < 1.29 is 4.74 Å². The monoisotopic (exact) mass is 383 g/mol. The number of amidine groups is 1. The molecule has 0 unspecified atom stereocenters. The number of fused-ring (bicyclic) bond motifs is 2. The van der Waals surface area contributed by atoms with Gasteiger partial charge >= 0.3 is 0 Å². The Morgan fingerprint density at radius 3 is 2.56 bits per heavy atom. The number of hydrogen-bond acceptors (Lipinski definition) is 5. The molecule has 2 saturated carbocycles. The van der Waals surface area contributed by atoms with Gasteiger partial charge in [-0.05, 0) is 68.7 Å². The molecule has 27 heavy (non-hydrogen) atoms. The molecule has 4 rings (SSSR count). The molecule has 3 aliphatic rings. The van der Waals surface area contributed by atoms with Gasteiger partial charge in [0.25, 0.3) is 0 Å². The number of hydrazone groups is 1. The van der Waals surface area contributed by atoms with Gasteiger partial charge in [-0.25, -0.2) is 4.99 Å². The third-order valence-electron chi connectivity index (χ3n) is 7.06. The Morgan fingerprint density at radius 2 is 2.00 bits per heavy atom. The van der Waals surface area contributed by atoms with Crippen LogP contribution in [0.2, 0.25) is 0 Å². The molecule has 2 atom stereocenters. The summed E-state index contributed by atoms with van der Waals surface area (Å²) in [4.78, 5) is 6.21. The summed E-state index contributed by atoms with van der Waals surface area (Å²) >= 11 is 1.67. The van der Waals surface area contributed by atoms with Gasteiger partial charge in [0.2, 0.25) is 5.17 Å². The minimum absolute atomic E-state index is 0.216. The molecule has 1 aliphatic heterocycles. The van der Waals surface area contributed by atoms with E-state index in [1.807, 2.05) is 19.1 Å². The molecule has 1 heterocycles. The van der Waals surface area contributed by atoms with E-state index in [-0.39, 0.29) is 5.41 Å². The van der Waals surface area contributed by atoms with E-state index in [1.165, 1.54) is 23.5 Å². The second kappa shape index (κ2) is 6.69. The van der Waals surface area contributed by atoms with E-state index in [0.29, 0.717) is 12.0 Å². The fourth-order valence-electron chi connectivity index (χ4n) is 4.81. The van der Waals surface area contributed by atoms with Crippen LogP contribution in [0.4, 0.5) is 0 Å². The van der Waals surface area contributed by atoms with Crippen LogP contribution in [0, 0.1) is 16.7 Å². The van der Waals surface area contributed by atoms with Crippen LogP contribution in [0.3, 0.4) is 0 Å². The van der Waals surface area contributed by atoms with Crippen LogP contribution >= 0.6 is 11.8 Å². The summed E-state index contributed by atoms with van der Waals surface area (Å²) in [7, 11) is 0. The molecule has 0 radical (unpaired) electrons. The molecule has 4 nitrogen and oxygen atoms in total. The third-order valence-corrected chi connectivity index (χ3v) is 7.93. The Hall–Kier alpha value is -1.75. The van der Waals surface area contributed by atoms with Crippen LogP contribution < -0.4 is 10.2 Å². The van der Waals surface area contributed by atoms with E-state index >= 15 is 0 Å². The fourth-order valence-corrected chi connectivity index (χ4v) is 5.59. The molecule has 5 heteroatoms. The molecule has 0 aromatic heterocycles. The van der Waals surface area contributed by atoms with Crippen molar-refractivity contribution in [3.8, 4) is 5.75 Å². The van der Waals surface area contributed by atoms with Crippen LogP contribution in [-0.2, 0) is 0 Å². The predicted molar refractivity (Wildman–Crippen MR) is 115 cm³/mol. The van der Waals surface area contributed by atoms with Crippen molar-refractivity contribution in [2.75, 3.05) is 6.61 Å². The third kappa shape index (κ3) is 3.00. The lowest BCUT2D eigenvalue weighted by Crippen LogP contribution is -2.33. The maximum atomic E-state index is 5.53. The van der Waals surface area contributed by atoms with Crippen molar-refractivity contribution in [1.29, 1.82) is 0 Å². The van der Waals surface area contributed by atoms with E-state index in [1.54, 1.807) is 11.8 Å². The Balaban J connectivity index is 1.52. The van der Waals surface area contributed by atoms with Crippen molar-refractivity contribution in [2.24, 2.45) is 26.8 Å². The Labute approximate surface area is 166 Å². The lowest BCUT2D eigenvalue weighted by atomic mass is 9.70. The number of ether oxygens (including phenoxy) is 1. The van der Waals surface area contributed by atoms with Gasteiger partial charge in [-0.2, -0.15) is 0 Å². The summed E-state index contributed by atoms with van der Waals surface area (Å²) in [6, 6.07) is 8.15. The molecule has 0 saturated heterocycles. The minimum Gasteiger partial charge on any atom is -0.494 e. The van der Waals surface area contributed by atoms with Crippen LogP contribution in [-0.4, -0.2) is 17.5 Å². The highest BCUT2D eigenvalue weighted by atomic mass is 32.2. The van der Waals surface area contributed by atoms with Crippen molar-refractivity contribution in [2.45, 2.75) is 53.9 Å². The number of thioether (sulfide) groups is 1. The molecule has 1 aromatic carbocycles. The second-order valence-electron chi connectivity index (χ2n) is 8.55. The van der Waals surface area contributed by atoms with E-state index in [9.17, 15) is 0 Å². The quantitative estimate of drug-likeness (QED) is 0.731. The SMILES string of the molecule is CCOc1ccc(C2=C(C)SC(N=C3C[C@H]4CC[C@@]3(C)C4(C)C)=NN2)cc1. The maximum absolute atomic E-state index is 5.53. The summed E-state index contributed by atoms with van der Waals surface area (Å²) in [6.45, 7) is 12.0. The number of benzene rings is 1. The summed E-state index contributed by atoms with van der Waals surface area (Å²) < 4.78 is 5.53. The van der Waals surface area contributed by atoms with E-state index in [2.05, 4.69) is 50.4 Å². The standard InChI is InChI=1S/C22H29N3OS/c1-6-26-17-9-7-15(8-10-17)19-14(2)27-20(25-24-19)23-18-13-16-11-12-22(18,5)21(16,3)4/h7-10,16,24H,6,11-13H2,1-5H3/t16-,22-/m1/s1. The molecule has 0 amide bonds. The van der Waals surface area contributed by atoms with Crippen LogP contribution in [0.1, 0.15) is 59.4 Å². The summed E-state index contributed by atoms with van der Waals surface area (Å²) in [6.07, 6.45) is 3.71. The van der Waals surface area contributed by atoms with Crippen molar-refractivity contribution in [3.05, 3.63) is 34.7 Å². The summed E-state index contributed by atoms with van der Waals surface area (Å²) in [5.41, 5.74) is 7.30. The first-order valence-corrected chi connectivity index (χ1v) is 10.7. The van der Waals surface area contributed by atoms with Crippen LogP contribution in [0.15, 0.2) is 39.3 Å². The molecular weight excluding hydrogens is 354 g/mol. The highest BCUT2D eigenvalue weighted by Gasteiger charge is 2.59. The van der Waals surface area contributed by atoms with Crippen LogP contribution in [0.5, 0.6) is 5.75 Å². The van der Waals surface area contributed by atoms with Crippen molar-refractivity contribution >= 4 is 28.3 Å². The first kappa shape index (κ1) is 18.6. The predicted octanol–water partition coefficient (Wildman–Crippen LogP) is 5.67. The topological polar surface area (TPSA) is 46.0 Å². The van der Waals surface area contributed by atoms with Gasteiger partial charge in [-0.3, -0.25) is 5.43 Å². The molecular formula is C22H29N3OS. The first-order valence-electron chi connectivity index (χ1n) is 9.89. The Kier molecular flexibility index (Phi) is 4.61. The molecule has 2 fully saturated rings. The Bertz CT molecular complexity index is 838. The average Bonchev–Trinajstić information content (AvgIpc) is 2.97. The zero-order valence-corrected chi connectivity index (χ0v) is 17.7. The molecule has 2 aliphatic carbocycles. The number of aliphatic imine (C=N–C) groups is 1. The van der Waals surface area contributed by atoms with Crippen molar-refractivity contribution in [3.63, 3.8) is 0 Å². The van der Waals surface area contributed by atoms with Gasteiger partial charge in [0.05, 0.1) is 12.3 Å². The summed E-state index contributed by atoms with van der Waals surface area (Å²) in [5.74, 6) is 1.66. The smallest absolute Gasteiger partial charge is 0.211 e. The zero-order valence-electron chi connectivity index (χ0n) is 16.9. The lowest BCUT2D eigenvalue weighted by Gasteiger charge is -2.34. The lowest BCUT2D eigenvalue weighted by molar-refractivity contribution is 0.194. The summed E-state index contributed by atoms with van der Waals surface area (Å²) in [5, 5.41) is 5.41. The molecule has 1 aromatic rings. The number of allylic oxidation sites excluding steroid dienone is 1. The minimum atomic E-state index is 0.216. The van der Waals surface area contributed by atoms with Gasteiger partial charge in [-0.15, -0.1) is 5.10 Å². The van der Waals surface area contributed by atoms with Gasteiger partial charge in [0, 0.05) is 21.6 Å². The Morgan fingerprint density at radius 1 is 1.26 bits per heavy atom. The molecule has 144 valence electrons. The van der Waals surface area contributed by atoms with Gasteiger partial charge in [-0.1, -0.05) is 32.5 Å². The van der Waals surface area contributed by atoms with Gasteiger partial charge in [0.15, 0.2) is 0 Å². The van der Waals surface area contributed by atoms with E-state index in [0.717, 1.165) is 34.5 Å². The average molecular weight is 384 g/mol. The first-order chi connectivity index (χ1) is 12.8. The fraction of sp³-hybridized carbons (Fsp3) is 0.545. The highest BCUT2D eigenvalue weighted by Crippen LogP contribution is 2.64. The van der Waals surface area contributed by atoms with Crippen LogP contribution in [0.25, 0.3) is 5.70 Å². The normalized spacial score (nSPS) is 30.5. The highest BCUT2D eigenvalue weighted by molar-refractivity contribution is 8.17. The number of nitrogens with one attached hydrogen (secondary N) is 1. The molecule has 1 N–H and O–H groups in total. The maximum Gasteiger partial charge on any atom is 0.211 e.